The lowest BCUT2D eigenvalue weighted by molar-refractivity contribution is 0.0540. The number of benzene rings is 1. The van der Waals surface area contributed by atoms with Crippen LogP contribution in [0.3, 0.4) is 0 Å². The molecular formula is C16H25F2NO2. The molecule has 0 unspecified atom stereocenters. The van der Waals surface area contributed by atoms with Crippen molar-refractivity contribution in [2.24, 2.45) is 5.92 Å². The Morgan fingerprint density at radius 3 is 2.29 bits per heavy atom. The first kappa shape index (κ1) is 17.9. The van der Waals surface area contributed by atoms with Crippen LogP contribution in [-0.2, 0) is 6.54 Å². The highest BCUT2D eigenvalue weighted by Crippen LogP contribution is 2.24. The molecule has 1 rings (SSSR count). The maximum atomic E-state index is 13.9. The summed E-state index contributed by atoms with van der Waals surface area (Å²) in [6.45, 7) is 8.62. The van der Waals surface area contributed by atoms with Crippen LogP contribution in [0.15, 0.2) is 12.1 Å². The molecule has 3 nitrogen and oxygen atoms in total. The van der Waals surface area contributed by atoms with Gasteiger partial charge in [0.15, 0.2) is 17.4 Å². The summed E-state index contributed by atoms with van der Waals surface area (Å²) in [6, 6.07) is 2.55. The highest BCUT2D eigenvalue weighted by Gasteiger charge is 2.16. The monoisotopic (exact) mass is 301 g/mol. The molecule has 0 bridgehead atoms. The van der Waals surface area contributed by atoms with Gasteiger partial charge in [0.05, 0.1) is 12.2 Å². The van der Waals surface area contributed by atoms with Gasteiger partial charge in [0, 0.05) is 13.0 Å². The fourth-order valence-electron chi connectivity index (χ4n) is 1.76. The average molecular weight is 301 g/mol. The molecule has 0 aliphatic heterocycles. The van der Waals surface area contributed by atoms with Crippen LogP contribution < -0.4 is 10.1 Å². The maximum absolute atomic E-state index is 13.9. The summed E-state index contributed by atoms with van der Waals surface area (Å²) in [4.78, 5) is 0. The van der Waals surface area contributed by atoms with Crippen LogP contribution in [0, 0.1) is 17.6 Å². The van der Waals surface area contributed by atoms with E-state index in [1.165, 1.54) is 12.1 Å². The first-order chi connectivity index (χ1) is 9.69. The number of halogens is 2. The Morgan fingerprint density at radius 1 is 1.24 bits per heavy atom. The van der Waals surface area contributed by atoms with Crippen molar-refractivity contribution in [1.82, 2.24) is 5.32 Å². The molecule has 0 aliphatic rings. The Morgan fingerprint density at radius 2 is 1.81 bits per heavy atom. The molecule has 0 saturated heterocycles. The molecule has 0 aliphatic carbocycles. The third-order valence-corrected chi connectivity index (χ3v) is 2.90. The lowest BCUT2D eigenvalue weighted by Gasteiger charge is -2.17. The summed E-state index contributed by atoms with van der Waals surface area (Å²) >= 11 is 0. The lowest BCUT2D eigenvalue weighted by atomic mass is 10.1. The van der Waals surface area contributed by atoms with E-state index in [4.69, 9.17) is 4.74 Å². The number of hydrogen-bond donors (Lipinski definition) is 2. The number of rotatable bonds is 8. The Bertz CT molecular complexity index is 433. The summed E-state index contributed by atoms with van der Waals surface area (Å²) in [5.41, 5.74) is -0.381. The summed E-state index contributed by atoms with van der Waals surface area (Å²) < 4.78 is 32.8. The molecule has 5 heteroatoms. The molecule has 0 spiro atoms. The van der Waals surface area contributed by atoms with Gasteiger partial charge in [-0.1, -0.05) is 13.8 Å². The molecule has 0 fully saturated rings. The van der Waals surface area contributed by atoms with E-state index < -0.39 is 17.2 Å². The van der Waals surface area contributed by atoms with Gasteiger partial charge in [0.1, 0.15) is 0 Å². The third-order valence-electron chi connectivity index (χ3n) is 2.90. The number of hydrogen-bond acceptors (Lipinski definition) is 3. The van der Waals surface area contributed by atoms with Gasteiger partial charge in [-0.15, -0.1) is 0 Å². The minimum absolute atomic E-state index is 0.0578. The van der Waals surface area contributed by atoms with Crippen LogP contribution in [0.4, 0.5) is 8.78 Å². The van der Waals surface area contributed by atoms with Crippen LogP contribution in [-0.4, -0.2) is 23.9 Å². The van der Waals surface area contributed by atoms with Gasteiger partial charge in [0.2, 0.25) is 0 Å². The SMILES string of the molecule is CC(C)CNCc1cc(F)c(OCCC(C)(C)O)c(F)c1. The zero-order valence-corrected chi connectivity index (χ0v) is 13.2. The minimum atomic E-state index is -0.923. The highest BCUT2D eigenvalue weighted by atomic mass is 19.1. The maximum Gasteiger partial charge on any atom is 0.190 e. The fourth-order valence-corrected chi connectivity index (χ4v) is 1.76. The normalized spacial score (nSPS) is 12.0. The second kappa shape index (κ2) is 7.71. The first-order valence-corrected chi connectivity index (χ1v) is 7.23. The number of aliphatic hydroxyl groups is 1. The second-order valence-electron chi connectivity index (χ2n) is 6.32. The zero-order valence-electron chi connectivity index (χ0n) is 13.2. The van der Waals surface area contributed by atoms with Gasteiger partial charge < -0.3 is 15.2 Å². The Kier molecular flexibility index (Phi) is 6.55. The van der Waals surface area contributed by atoms with Crippen molar-refractivity contribution in [3.05, 3.63) is 29.3 Å². The van der Waals surface area contributed by atoms with Crippen molar-refractivity contribution in [1.29, 1.82) is 0 Å². The van der Waals surface area contributed by atoms with E-state index in [-0.39, 0.29) is 12.4 Å². The largest absolute Gasteiger partial charge is 0.487 e. The first-order valence-electron chi connectivity index (χ1n) is 7.23. The van der Waals surface area contributed by atoms with Crippen molar-refractivity contribution in [2.75, 3.05) is 13.2 Å². The van der Waals surface area contributed by atoms with Gasteiger partial charge >= 0.3 is 0 Å². The molecule has 1 aromatic carbocycles. The Labute approximate surface area is 125 Å². The van der Waals surface area contributed by atoms with E-state index in [0.717, 1.165) is 6.54 Å². The van der Waals surface area contributed by atoms with E-state index >= 15 is 0 Å². The Balaban J connectivity index is 2.62. The minimum Gasteiger partial charge on any atom is -0.487 e. The quantitative estimate of drug-likeness (QED) is 0.774. The van der Waals surface area contributed by atoms with Gasteiger partial charge in [-0.2, -0.15) is 0 Å². The summed E-state index contributed by atoms with van der Waals surface area (Å²) in [6.07, 6.45) is 0.295. The fraction of sp³-hybridized carbons (Fsp3) is 0.625. The highest BCUT2D eigenvalue weighted by molar-refractivity contribution is 5.31. The molecule has 0 heterocycles. The van der Waals surface area contributed by atoms with Crippen molar-refractivity contribution in [2.45, 2.75) is 46.3 Å². The van der Waals surface area contributed by atoms with Crippen molar-refractivity contribution < 1.29 is 18.6 Å². The molecular weight excluding hydrogens is 276 g/mol. The zero-order chi connectivity index (χ0) is 16.0. The Hall–Kier alpha value is -1.20. The topological polar surface area (TPSA) is 41.5 Å². The van der Waals surface area contributed by atoms with Gasteiger partial charge in [-0.05, 0) is 44.0 Å². The van der Waals surface area contributed by atoms with E-state index in [1.54, 1.807) is 13.8 Å². The van der Waals surface area contributed by atoms with E-state index in [2.05, 4.69) is 19.2 Å². The second-order valence-corrected chi connectivity index (χ2v) is 6.32. The molecule has 0 aromatic heterocycles. The lowest BCUT2D eigenvalue weighted by Crippen LogP contribution is -2.22. The predicted octanol–water partition coefficient (Wildman–Crippen LogP) is 3.25. The van der Waals surface area contributed by atoms with Crippen LogP contribution >= 0.6 is 0 Å². The van der Waals surface area contributed by atoms with E-state index in [9.17, 15) is 13.9 Å². The summed E-state index contributed by atoms with van der Waals surface area (Å²) in [5, 5.41) is 12.7. The number of nitrogens with one attached hydrogen (secondary N) is 1. The van der Waals surface area contributed by atoms with E-state index in [1.807, 2.05) is 0 Å². The van der Waals surface area contributed by atoms with Crippen LogP contribution in [0.1, 0.15) is 39.7 Å². The molecule has 2 N–H and O–H groups in total. The van der Waals surface area contributed by atoms with Gasteiger partial charge in [-0.25, -0.2) is 8.78 Å². The molecule has 0 radical (unpaired) electrons. The molecule has 1 aromatic rings. The van der Waals surface area contributed by atoms with Crippen molar-refractivity contribution in [3.8, 4) is 5.75 Å². The van der Waals surface area contributed by atoms with Gasteiger partial charge in [-0.3, -0.25) is 0 Å². The smallest absolute Gasteiger partial charge is 0.190 e. The third kappa shape index (κ3) is 6.87. The number of ether oxygens (including phenoxy) is 1. The average Bonchev–Trinajstić information content (AvgIpc) is 2.31. The standard InChI is InChI=1S/C16H25F2NO2/c1-11(2)9-19-10-12-7-13(17)15(14(18)8-12)21-6-5-16(3,4)20/h7-8,11,19-20H,5-6,9-10H2,1-4H3. The van der Waals surface area contributed by atoms with E-state index in [0.29, 0.717) is 24.4 Å². The molecule has 0 atom stereocenters. The predicted molar refractivity (Wildman–Crippen MR) is 79.3 cm³/mol. The van der Waals surface area contributed by atoms with Crippen LogP contribution in [0.25, 0.3) is 0 Å². The summed E-state index contributed by atoms with van der Waals surface area (Å²) in [7, 11) is 0. The molecule has 0 amide bonds. The van der Waals surface area contributed by atoms with Gasteiger partial charge in [0.25, 0.3) is 0 Å². The van der Waals surface area contributed by atoms with Crippen molar-refractivity contribution >= 4 is 0 Å². The van der Waals surface area contributed by atoms with Crippen LogP contribution in [0.5, 0.6) is 5.75 Å². The van der Waals surface area contributed by atoms with Crippen molar-refractivity contribution in [3.63, 3.8) is 0 Å². The molecule has 120 valence electrons. The van der Waals surface area contributed by atoms with Crippen LogP contribution in [0.2, 0.25) is 0 Å². The molecule has 21 heavy (non-hydrogen) atoms. The molecule has 0 saturated carbocycles. The summed E-state index contributed by atoms with van der Waals surface area (Å²) in [5.74, 6) is -1.34.